The Morgan fingerprint density at radius 3 is 2.81 bits per heavy atom. The molecule has 4 nitrogen and oxygen atoms in total. The van der Waals surface area contributed by atoms with Crippen molar-refractivity contribution in [2.24, 2.45) is 0 Å². The third-order valence-corrected chi connectivity index (χ3v) is 4.41. The van der Waals surface area contributed by atoms with Gasteiger partial charge < -0.3 is 9.88 Å². The number of pyridine rings is 1. The Labute approximate surface area is 126 Å². The molecule has 2 aromatic heterocycles. The highest BCUT2D eigenvalue weighted by atomic mass is 15.2. The molecule has 112 valence electrons. The number of hydrogen-bond acceptors (Lipinski definition) is 3. The fourth-order valence-corrected chi connectivity index (χ4v) is 3.14. The molecule has 0 spiro atoms. The Hall–Kier alpha value is -1.84. The van der Waals surface area contributed by atoms with Crippen LogP contribution in [0, 0.1) is 13.8 Å². The molecular weight excluding hydrogens is 260 g/mol. The van der Waals surface area contributed by atoms with Crippen molar-refractivity contribution in [2.45, 2.75) is 58.5 Å². The predicted molar refractivity (Wildman–Crippen MR) is 85.4 cm³/mol. The maximum Gasteiger partial charge on any atom is 0.203 e. The summed E-state index contributed by atoms with van der Waals surface area (Å²) in [7, 11) is 0. The Morgan fingerprint density at radius 1 is 1.24 bits per heavy atom. The van der Waals surface area contributed by atoms with E-state index in [2.05, 4.69) is 46.0 Å². The molecule has 0 radical (unpaired) electrons. The summed E-state index contributed by atoms with van der Waals surface area (Å²) in [5, 5.41) is 3.50. The van der Waals surface area contributed by atoms with Gasteiger partial charge in [0.1, 0.15) is 0 Å². The van der Waals surface area contributed by atoms with Crippen molar-refractivity contribution < 1.29 is 0 Å². The quantitative estimate of drug-likeness (QED) is 0.922. The highest BCUT2D eigenvalue weighted by Gasteiger charge is 2.18. The number of aromatic nitrogens is 3. The molecule has 3 rings (SSSR count). The third-order valence-electron chi connectivity index (χ3n) is 4.41. The summed E-state index contributed by atoms with van der Waals surface area (Å²) in [6.45, 7) is 4.97. The maximum absolute atomic E-state index is 4.66. The fourth-order valence-electron chi connectivity index (χ4n) is 3.14. The van der Waals surface area contributed by atoms with Gasteiger partial charge in [0.25, 0.3) is 0 Å². The number of imidazole rings is 1. The predicted octanol–water partition coefficient (Wildman–Crippen LogP) is 4.01. The SMILES string of the molecule is Cc1cn(C2CCCCC2)c(NCc2cnccc2C)n1. The van der Waals surface area contributed by atoms with Crippen molar-refractivity contribution in [3.05, 3.63) is 41.5 Å². The van der Waals surface area contributed by atoms with Gasteiger partial charge in [0.05, 0.1) is 5.69 Å². The van der Waals surface area contributed by atoms with Gasteiger partial charge in [-0.2, -0.15) is 0 Å². The van der Waals surface area contributed by atoms with E-state index in [0.29, 0.717) is 6.04 Å². The highest BCUT2D eigenvalue weighted by Crippen LogP contribution is 2.30. The molecule has 1 aliphatic carbocycles. The summed E-state index contributed by atoms with van der Waals surface area (Å²) in [5.41, 5.74) is 3.59. The summed E-state index contributed by atoms with van der Waals surface area (Å²) in [5.74, 6) is 1.00. The van der Waals surface area contributed by atoms with Gasteiger partial charge in [-0.3, -0.25) is 4.98 Å². The normalized spacial score (nSPS) is 16.1. The van der Waals surface area contributed by atoms with Crippen LogP contribution >= 0.6 is 0 Å². The first kappa shape index (κ1) is 14.1. The molecule has 1 fully saturated rings. The first-order valence-corrected chi connectivity index (χ1v) is 7.93. The van der Waals surface area contributed by atoms with Gasteiger partial charge in [-0.15, -0.1) is 0 Å². The molecule has 0 aromatic carbocycles. The van der Waals surface area contributed by atoms with E-state index in [1.807, 2.05) is 12.4 Å². The summed E-state index contributed by atoms with van der Waals surface area (Å²) in [6, 6.07) is 2.66. The lowest BCUT2D eigenvalue weighted by Crippen LogP contribution is -2.15. The Morgan fingerprint density at radius 2 is 2.05 bits per heavy atom. The van der Waals surface area contributed by atoms with Gasteiger partial charge >= 0.3 is 0 Å². The zero-order valence-corrected chi connectivity index (χ0v) is 13.0. The Bertz CT molecular complexity index is 597. The van der Waals surface area contributed by atoms with E-state index in [1.54, 1.807) is 0 Å². The van der Waals surface area contributed by atoms with Crippen LogP contribution in [-0.2, 0) is 6.54 Å². The lowest BCUT2D eigenvalue weighted by Gasteiger charge is -2.24. The highest BCUT2D eigenvalue weighted by molar-refractivity contribution is 5.33. The van der Waals surface area contributed by atoms with Gasteiger partial charge in [-0.05, 0) is 43.9 Å². The summed E-state index contributed by atoms with van der Waals surface area (Å²) in [4.78, 5) is 8.87. The zero-order valence-electron chi connectivity index (χ0n) is 13.0. The number of nitrogens with zero attached hydrogens (tertiary/aromatic N) is 3. The Balaban J connectivity index is 1.74. The van der Waals surface area contributed by atoms with Gasteiger partial charge in [0.2, 0.25) is 5.95 Å². The molecule has 1 N–H and O–H groups in total. The van der Waals surface area contributed by atoms with Crippen LogP contribution in [0.1, 0.15) is 55.0 Å². The minimum atomic E-state index is 0.609. The molecule has 2 heterocycles. The van der Waals surface area contributed by atoms with E-state index >= 15 is 0 Å². The molecule has 0 unspecified atom stereocenters. The topological polar surface area (TPSA) is 42.7 Å². The first-order chi connectivity index (χ1) is 10.2. The van der Waals surface area contributed by atoms with Crippen LogP contribution in [0.4, 0.5) is 5.95 Å². The van der Waals surface area contributed by atoms with Crippen molar-refractivity contribution in [1.29, 1.82) is 0 Å². The summed E-state index contributed by atoms with van der Waals surface area (Å²) < 4.78 is 2.35. The van der Waals surface area contributed by atoms with Crippen molar-refractivity contribution in [3.8, 4) is 0 Å². The van der Waals surface area contributed by atoms with Crippen molar-refractivity contribution in [1.82, 2.24) is 14.5 Å². The molecule has 0 atom stereocenters. The second kappa shape index (κ2) is 6.29. The average molecular weight is 284 g/mol. The lowest BCUT2D eigenvalue weighted by atomic mass is 9.95. The minimum absolute atomic E-state index is 0.609. The monoisotopic (exact) mass is 284 g/mol. The average Bonchev–Trinajstić information content (AvgIpc) is 2.88. The fraction of sp³-hybridized carbons (Fsp3) is 0.529. The molecule has 0 bridgehead atoms. The standard InChI is InChI=1S/C17H24N4/c1-13-8-9-18-10-15(13)11-19-17-20-14(2)12-21(17)16-6-4-3-5-7-16/h8-10,12,16H,3-7,11H2,1-2H3,(H,19,20). The van der Waals surface area contributed by atoms with E-state index in [4.69, 9.17) is 0 Å². The van der Waals surface area contributed by atoms with Crippen molar-refractivity contribution in [3.63, 3.8) is 0 Å². The van der Waals surface area contributed by atoms with E-state index < -0.39 is 0 Å². The molecule has 1 aliphatic rings. The first-order valence-electron chi connectivity index (χ1n) is 7.93. The maximum atomic E-state index is 4.66. The number of nitrogens with one attached hydrogen (secondary N) is 1. The van der Waals surface area contributed by atoms with Crippen LogP contribution in [0.3, 0.4) is 0 Å². The molecule has 0 aliphatic heterocycles. The van der Waals surface area contributed by atoms with Gasteiger partial charge in [0, 0.05) is 31.2 Å². The molecule has 2 aromatic rings. The second-order valence-electron chi connectivity index (χ2n) is 6.06. The van der Waals surface area contributed by atoms with E-state index in [9.17, 15) is 0 Å². The summed E-state index contributed by atoms with van der Waals surface area (Å²) in [6.07, 6.45) is 12.6. The van der Waals surface area contributed by atoms with E-state index in [-0.39, 0.29) is 0 Å². The zero-order chi connectivity index (χ0) is 14.7. The van der Waals surface area contributed by atoms with E-state index in [0.717, 1.165) is 18.2 Å². The second-order valence-corrected chi connectivity index (χ2v) is 6.06. The van der Waals surface area contributed by atoms with Crippen LogP contribution in [0.5, 0.6) is 0 Å². The molecular formula is C17H24N4. The van der Waals surface area contributed by atoms with Crippen LogP contribution < -0.4 is 5.32 Å². The van der Waals surface area contributed by atoms with Crippen molar-refractivity contribution in [2.75, 3.05) is 5.32 Å². The number of hydrogen-bond donors (Lipinski definition) is 1. The molecule has 0 amide bonds. The smallest absolute Gasteiger partial charge is 0.203 e. The number of anilines is 1. The van der Waals surface area contributed by atoms with Crippen LogP contribution in [-0.4, -0.2) is 14.5 Å². The Kier molecular flexibility index (Phi) is 4.23. The van der Waals surface area contributed by atoms with Gasteiger partial charge in [-0.25, -0.2) is 4.98 Å². The van der Waals surface area contributed by atoms with Crippen LogP contribution in [0.25, 0.3) is 0 Å². The molecule has 0 saturated heterocycles. The van der Waals surface area contributed by atoms with Gasteiger partial charge in [-0.1, -0.05) is 19.3 Å². The molecule has 1 saturated carbocycles. The van der Waals surface area contributed by atoms with Crippen LogP contribution in [0.15, 0.2) is 24.7 Å². The van der Waals surface area contributed by atoms with Crippen LogP contribution in [0.2, 0.25) is 0 Å². The van der Waals surface area contributed by atoms with Gasteiger partial charge in [0.15, 0.2) is 0 Å². The number of aryl methyl sites for hydroxylation is 2. The number of rotatable bonds is 4. The molecule has 4 heteroatoms. The summed E-state index contributed by atoms with van der Waals surface area (Å²) >= 11 is 0. The largest absolute Gasteiger partial charge is 0.351 e. The third kappa shape index (κ3) is 3.26. The molecule has 21 heavy (non-hydrogen) atoms. The minimum Gasteiger partial charge on any atom is -0.351 e. The van der Waals surface area contributed by atoms with E-state index in [1.165, 1.54) is 43.2 Å². The van der Waals surface area contributed by atoms with Crippen molar-refractivity contribution >= 4 is 5.95 Å². The lowest BCUT2D eigenvalue weighted by molar-refractivity contribution is 0.355.